The van der Waals surface area contributed by atoms with Crippen molar-refractivity contribution < 1.29 is 9.21 Å². The summed E-state index contributed by atoms with van der Waals surface area (Å²) < 4.78 is 5.04. The van der Waals surface area contributed by atoms with Crippen molar-refractivity contribution in [1.82, 2.24) is 4.98 Å². The third-order valence-electron chi connectivity index (χ3n) is 2.80. The normalized spacial score (nSPS) is 10.4. The largest absolute Gasteiger partial charge is 0.472 e. The number of nitrogens with one attached hydrogen (secondary N) is 1. The van der Waals surface area contributed by atoms with Crippen molar-refractivity contribution >= 4 is 22.9 Å². The second-order valence-corrected chi connectivity index (χ2v) is 5.26. The molecule has 0 spiro atoms. The highest BCUT2D eigenvalue weighted by Crippen LogP contribution is 2.28. The van der Waals surface area contributed by atoms with E-state index in [0.29, 0.717) is 4.88 Å². The highest BCUT2D eigenvalue weighted by atomic mass is 32.1. The highest BCUT2D eigenvalue weighted by molar-refractivity contribution is 7.17. The van der Waals surface area contributed by atoms with Crippen molar-refractivity contribution in [3.8, 4) is 10.6 Å². The number of para-hydroxylation sites is 1. The third kappa shape index (κ3) is 2.48. The van der Waals surface area contributed by atoms with E-state index in [-0.39, 0.29) is 5.91 Å². The molecule has 1 N–H and O–H groups in total. The molecule has 0 aliphatic carbocycles. The van der Waals surface area contributed by atoms with E-state index >= 15 is 0 Å². The van der Waals surface area contributed by atoms with Gasteiger partial charge in [-0.1, -0.05) is 18.2 Å². The number of nitrogens with zero attached hydrogens (tertiary/aromatic N) is 1. The minimum atomic E-state index is -0.138. The quantitative estimate of drug-likeness (QED) is 0.792. The van der Waals surface area contributed by atoms with Gasteiger partial charge in [-0.3, -0.25) is 4.79 Å². The van der Waals surface area contributed by atoms with E-state index in [0.717, 1.165) is 22.0 Å². The lowest BCUT2D eigenvalue weighted by atomic mass is 10.3. The number of rotatable bonds is 3. The molecule has 3 rings (SSSR count). The van der Waals surface area contributed by atoms with Crippen molar-refractivity contribution in [2.24, 2.45) is 0 Å². The molecule has 1 amide bonds. The van der Waals surface area contributed by atoms with Gasteiger partial charge in [-0.2, -0.15) is 0 Å². The summed E-state index contributed by atoms with van der Waals surface area (Å²) in [5, 5.41) is 3.65. The van der Waals surface area contributed by atoms with Gasteiger partial charge in [-0.05, 0) is 25.1 Å². The first-order valence-corrected chi connectivity index (χ1v) is 6.92. The lowest BCUT2D eigenvalue weighted by Gasteiger charge is -2.02. The predicted octanol–water partition coefficient (Wildman–Crippen LogP) is 3.96. The molecule has 0 fully saturated rings. The van der Waals surface area contributed by atoms with Crippen molar-refractivity contribution in [2.45, 2.75) is 6.92 Å². The molecular formula is C15H12N2O2S. The topological polar surface area (TPSA) is 55.1 Å². The van der Waals surface area contributed by atoms with E-state index in [1.54, 1.807) is 12.5 Å². The fourth-order valence-electron chi connectivity index (χ4n) is 1.83. The molecule has 0 aliphatic rings. The van der Waals surface area contributed by atoms with Gasteiger partial charge in [0.2, 0.25) is 0 Å². The van der Waals surface area contributed by atoms with Gasteiger partial charge in [0.1, 0.15) is 16.1 Å². The van der Waals surface area contributed by atoms with Crippen LogP contribution < -0.4 is 5.32 Å². The second kappa shape index (κ2) is 5.30. The Kier molecular flexibility index (Phi) is 3.35. The molecule has 20 heavy (non-hydrogen) atoms. The number of amides is 1. The predicted molar refractivity (Wildman–Crippen MR) is 78.9 cm³/mol. The summed E-state index contributed by atoms with van der Waals surface area (Å²) in [4.78, 5) is 17.3. The fourth-order valence-corrected chi connectivity index (χ4v) is 2.77. The van der Waals surface area contributed by atoms with Crippen LogP contribution in [0, 0.1) is 6.92 Å². The summed E-state index contributed by atoms with van der Waals surface area (Å²) in [6.07, 6.45) is 3.22. The summed E-state index contributed by atoms with van der Waals surface area (Å²) in [6, 6.07) is 11.2. The average Bonchev–Trinajstić information content (AvgIpc) is 3.08. The molecule has 4 nitrogen and oxygen atoms in total. The van der Waals surface area contributed by atoms with Gasteiger partial charge in [0.25, 0.3) is 5.91 Å². The van der Waals surface area contributed by atoms with Crippen LogP contribution in [0.15, 0.2) is 53.3 Å². The van der Waals surface area contributed by atoms with Crippen LogP contribution in [-0.2, 0) is 0 Å². The number of furan rings is 1. The Labute approximate surface area is 120 Å². The van der Waals surface area contributed by atoms with Crippen molar-refractivity contribution in [1.29, 1.82) is 0 Å². The lowest BCUT2D eigenvalue weighted by Crippen LogP contribution is -2.11. The zero-order valence-electron chi connectivity index (χ0n) is 10.8. The molecule has 2 heterocycles. The van der Waals surface area contributed by atoms with Crippen molar-refractivity contribution in [3.63, 3.8) is 0 Å². The Bertz CT molecular complexity index is 718. The fraction of sp³-hybridized carbons (Fsp3) is 0.0667. The zero-order chi connectivity index (χ0) is 13.9. The van der Waals surface area contributed by atoms with Gasteiger partial charge < -0.3 is 9.73 Å². The standard InChI is InChI=1S/C15H12N2O2S/c1-10-13(14(18)17-12-5-3-2-4-6-12)20-15(16-10)11-7-8-19-9-11/h2-9H,1H3,(H,17,18). The first-order chi connectivity index (χ1) is 9.74. The summed E-state index contributed by atoms with van der Waals surface area (Å²) in [6.45, 7) is 1.83. The first kappa shape index (κ1) is 12.6. The summed E-state index contributed by atoms with van der Waals surface area (Å²) in [5.74, 6) is -0.138. The van der Waals surface area contributed by atoms with E-state index in [1.807, 2.05) is 43.3 Å². The van der Waals surface area contributed by atoms with E-state index in [9.17, 15) is 4.79 Å². The van der Waals surface area contributed by atoms with Crippen LogP contribution in [0.2, 0.25) is 0 Å². The number of carbonyl (C=O) groups is 1. The van der Waals surface area contributed by atoms with Gasteiger partial charge in [0.15, 0.2) is 0 Å². The Hall–Kier alpha value is -2.40. The number of benzene rings is 1. The molecule has 5 heteroatoms. The van der Waals surface area contributed by atoms with Gasteiger partial charge in [-0.15, -0.1) is 11.3 Å². The number of aryl methyl sites for hydroxylation is 1. The number of thiazole rings is 1. The van der Waals surface area contributed by atoms with Crippen LogP contribution in [0.5, 0.6) is 0 Å². The van der Waals surface area contributed by atoms with Gasteiger partial charge in [0.05, 0.1) is 12.0 Å². The van der Waals surface area contributed by atoms with Crippen LogP contribution >= 0.6 is 11.3 Å². The maximum atomic E-state index is 12.3. The van der Waals surface area contributed by atoms with Crippen molar-refractivity contribution in [3.05, 3.63) is 59.5 Å². The second-order valence-electron chi connectivity index (χ2n) is 4.27. The van der Waals surface area contributed by atoms with Gasteiger partial charge >= 0.3 is 0 Å². The van der Waals surface area contributed by atoms with E-state index < -0.39 is 0 Å². The SMILES string of the molecule is Cc1nc(-c2ccoc2)sc1C(=O)Nc1ccccc1. The number of carbonyl (C=O) groups excluding carboxylic acids is 1. The molecule has 0 saturated carbocycles. The maximum Gasteiger partial charge on any atom is 0.267 e. The van der Waals surface area contributed by atoms with Crippen molar-refractivity contribution in [2.75, 3.05) is 5.32 Å². The van der Waals surface area contributed by atoms with Gasteiger partial charge in [0, 0.05) is 11.3 Å². The van der Waals surface area contributed by atoms with Gasteiger partial charge in [-0.25, -0.2) is 4.98 Å². The Balaban J connectivity index is 1.85. The Morgan fingerprint density at radius 1 is 1.25 bits per heavy atom. The van der Waals surface area contributed by atoms with E-state index in [4.69, 9.17) is 4.42 Å². The zero-order valence-corrected chi connectivity index (χ0v) is 11.6. The van der Waals surface area contributed by atoms with Crippen LogP contribution in [0.4, 0.5) is 5.69 Å². The number of aromatic nitrogens is 1. The molecular weight excluding hydrogens is 272 g/mol. The molecule has 1 aromatic carbocycles. The molecule has 0 bridgehead atoms. The molecule has 0 saturated heterocycles. The van der Waals surface area contributed by atoms with Crippen LogP contribution in [0.25, 0.3) is 10.6 Å². The average molecular weight is 284 g/mol. The Morgan fingerprint density at radius 2 is 2.05 bits per heavy atom. The maximum absolute atomic E-state index is 12.3. The number of anilines is 1. The molecule has 0 radical (unpaired) electrons. The third-order valence-corrected chi connectivity index (χ3v) is 4.01. The van der Waals surface area contributed by atoms with Crippen LogP contribution in [0.3, 0.4) is 0 Å². The number of hydrogen-bond donors (Lipinski definition) is 1. The molecule has 0 atom stereocenters. The summed E-state index contributed by atoms with van der Waals surface area (Å²) in [7, 11) is 0. The lowest BCUT2D eigenvalue weighted by molar-refractivity contribution is 0.103. The minimum Gasteiger partial charge on any atom is -0.472 e. The minimum absolute atomic E-state index is 0.138. The number of hydrogen-bond acceptors (Lipinski definition) is 4. The molecule has 0 unspecified atom stereocenters. The Morgan fingerprint density at radius 3 is 2.75 bits per heavy atom. The van der Waals surface area contributed by atoms with E-state index in [1.165, 1.54) is 11.3 Å². The molecule has 2 aromatic heterocycles. The molecule has 0 aliphatic heterocycles. The van der Waals surface area contributed by atoms with Crippen LogP contribution in [0.1, 0.15) is 15.4 Å². The summed E-state index contributed by atoms with van der Waals surface area (Å²) in [5.41, 5.74) is 2.38. The summed E-state index contributed by atoms with van der Waals surface area (Å²) >= 11 is 1.36. The smallest absolute Gasteiger partial charge is 0.267 e. The first-order valence-electron chi connectivity index (χ1n) is 6.10. The monoisotopic (exact) mass is 284 g/mol. The highest BCUT2D eigenvalue weighted by Gasteiger charge is 2.16. The van der Waals surface area contributed by atoms with E-state index in [2.05, 4.69) is 10.3 Å². The molecule has 3 aromatic rings. The molecule has 100 valence electrons. The van der Waals surface area contributed by atoms with Crippen LogP contribution in [-0.4, -0.2) is 10.9 Å².